The van der Waals surface area contributed by atoms with Gasteiger partial charge in [-0.15, -0.1) is 6.58 Å². The minimum atomic E-state index is -0.592. The normalized spacial score (nSPS) is 31.1. The summed E-state index contributed by atoms with van der Waals surface area (Å²) < 4.78 is 0. The molecule has 0 aromatic rings. The highest BCUT2D eigenvalue weighted by molar-refractivity contribution is 5.95. The van der Waals surface area contributed by atoms with Crippen LogP contribution in [-0.4, -0.2) is 17.0 Å². The summed E-state index contributed by atoms with van der Waals surface area (Å²) in [5.41, 5.74) is 0. The molecule has 0 bridgehead atoms. The van der Waals surface area contributed by atoms with E-state index < -0.39 is 6.10 Å². The molecular formula is C8H10O2. The largest absolute Gasteiger partial charge is 0.388 e. The standard InChI is InChI=1S/C8H10O2/c1-2-3-6-7(9)4-5-8(6)10/h2,4-7,9H,1,3H2. The van der Waals surface area contributed by atoms with E-state index in [-0.39, 0.29) is 11.7 Å². The lowest BCUT2D eigenvalue weighted by atomic mass is 10.0. The van der Waals surface area contributed by atoms with E-state index in [4.69, 9.17) is 5.11 Å². The molecule has 54 valence electrons. The highest BCUT2D eigenvalue weighted by atomic mass is 16.3. The zero-order valence-corrected chi connectivity index (χ0v) is 5.66. The van der Waals surface area contributed by atoms with Crippen LogP contribution in [0.5, 0.6) is 0 Å². The van der Waals surface area contributed by atoms with E-state index in [1.54, 1.807) is 6.08 Å². The fourth-order valence-electron chi connectivity index (χ4n) is 1.05. The van der Waals surface area contributed by atoms with Gasteiger partial charge in [-0.25, -0.2) is 0 Å². The second kappa shape index (κ2) is 2.80. The van der Waals surface area contributed by atoms with E-state index in [9.17, 15) is 4.79 Å². The van der Waals surface area contributed by atoms with Crippen LogP contribution in [0, 0.1) is 5.92 Å². The summed E-state index contributed by atoms with van der Waals surface area (Å²) in [5, 5.41) is 9.14. The molecule has 2 unspecified atom stereocenters. The summed E-state index contributed by atoms with van der Waals surface area (Å²) >= 11 is 0. The highest BCUT2D eigenvalue weighted by Crippen LogP contribution is 2.18. The summed E-state index contributed by atoms with van der Waals surface area (Å²) in [6, 6.07) is 0. The number of allylic oxidation sites excluding steroid dienone is 2. The van der Waals surface area contributed by atoms with Gasteiger partial charge in [0.1, 0.15) is 0 Å². The Morgan fingerprint density at radius 3 is 2.90 bits per heavy atom. The van der Waals surface area contributed by atoms with Crippen LogP contribution in [-0.2, 0) is 4.79 Å². The van der Waals surface area contributed by atoms with Crippen LogP contribution in [0.25, 0.3) is 0 Å². The first kappa shape index (κ1) is 7.22. The number of aliphatic hydroxyl groups is 1. The van der Waals surface area contributed by atoms with Crippen molar-refractivity contribution in [3.8, 4) is 0 Å². The van der Waals surface area contributed by atoms with Crippen molar-refractivity contribution >= 4 is 5.78 Å². The third-order valence-corrected chi connectivity index (χ3v) is 1.66. The topological polar surface area (TPSA) is 37.3 Å². The quantitative estimate of drug-likeness (QED) is 0.570. The number of hydrogen-bond acceptors (Lipinski definition) is 2. The predicted molar refractivity (Wildman–Crippen MR) is 38.5 cm³/mol. The molecule has 10 heavy (non-hydrogen) atoms. The number of ketones is 1. The summed E-state index contributed by atoms with van der Waals surface area (Å²) in [6.07, 6.45) is 4.58. The Kier molecular flexibility index (Phi) is 2.02. The van der Waals surface area contributed by atoms with Gasteiger partial charge in [-0.3, -0.25) is 4.79 Å². The van der Waals surface area contributed by atoms with Crippen LogP contribution in [0.4, 0.5) is 0 Å². The van der Waals surface area contributed by atoms with E-state index >= 15 is 0 Å². The zero-order valence-electron chi connectivity index (χ0n) is 5.66. The van der Waals surface area contributed by atoms with Crippen LogP contribution < -0.4 is 0 Å². The molecule has 0 aromatic heterocycles. The van der Waals surface area contributed by atoms with Gasteiger partial charge in [-0.2, -0.15) is 0 Å². The minimum absolute atomic E-state index is 0.00685. The van der Waals surface area contributed by atoms with Crippen molar-refractivity contribution in [1.82, 2.24) is 0 Å². The van der Waals surface area contributed by atoms with E-state index in [0.29, 0.717) is 6.42 Å². The van der Waals surface area contributed by atoms with Gasteiger partial charge in [-0.05, 0) is 12.5 Å². The Morgan fingerprint density at radius 1 is 1.80 bits per heavy atom. The first-order valence-corrected chi connectivity index (χ1v) is 3.26. The summed E-state index contributed by atoms with van der Waals surface area (Å²) in [7, 11) is 0. The number of rotatable bonds is 2. The molecule has 0 saturated carbocycles. The molecule has 2 heteroatoms. The van der Waals surface area contributed by atoms with Crippen LogP contribution in [0.3, 0.4) is 0 Å². The zero-order chi connectivity index (χ0) is 7.56. The lowest BCUT2D eigenvalue weighted by Crippen LogP contribution is -2.18. The molecule has 0 radical (unpaired) electrons. The maximum atomic E-state index is 10.9. The average molecular weight is 138 g/mol. The Bertz CT molecular complexity index is 182. The molecule has 2 nitrogen and oxygen atoms in total. The van der Waals surface area contributed by atoms with E-state index in [0.717, 1.165) is 0 Å². The lowest BCUT2D eigenvalue weighted by Gasteiger charge is -2.08. The molecule has 0 aromatic carbocycles. The van der Waals surface area contributed by atoms with Gasteiger partial charge in [0.25, 0.3) is 0 Å². The molecule has 1 aliphatic carbocycles. The van der Waals surface area contributed by atoms with Gasteiger partial charge in [-0.1, -0.05) is 12.2 Å². The number of carbonyl (C=O) groups excluding carboxylic acids is 1. The van der Waals surface area contributed by atoms with Crippen molar-refractivity contribution in [3.63, 3.8) is 0 Å². The lowest BCUT2D eigenvalue weighted by molar-refractivity contribution is -0.119. The first-order chi connectivity index (χ1) is 4.75. The molecule has 0 amide bonds. The Hall–Kier alpha value is -0.890. The molecule has 1 N–H and O–H groups in total. The monoisotopic (exact) mass is 138 g/mol. The fourth-order valence-corrected chi connectivity index (χ4v) is 1.05. The number of aliphatic hydroxyl groups excluding tert-OH is 1. The maximum absolute atomic E-state index is 10.9. The van der Waals surface area contributed by atoms with Gasteiger partial charge < -0.3 is 5.11 Å². The van der Waals surface area contributed by atoms with Gasteiger partial charge in [0.15, 0.2) is 5.78 Å². The fraction of sp³-hybridized carbons (Fsp3) is 0.375. The van der Waals surface area contributed by atoms with Crippen molar-refractivity contribution in [1.29, 1.82) is 0 Å². The smallest absolute Gasteiger partial charge is 0.161 e. The second-order valence-corrected chi connectivity index (χ2v) is 2.38. The molecule has 0 spiro atoms. The van der Waals surface area contributed by atoms with E-state index in [2.05, 4.69) is 6.58 Å². The average Bonchev–Trinajstić information content (AvgIpc) is 2.20. The Labute approximate surface area is 59.9 Å². The van der Waals surface area contributed by atoms with Gasteiger partial charge in [0, 0.05) is 0 Å². The molecule has 0 saturated heterocycles. The Balaban J connectivity index is 2.59. The molecule has 0 aliphatic heterocycles. The van der Waals surface area contributed by atoms with Gasteiger partial charge in [0.05, 0.1) is 12.0 Å². The third-order valence-electron chi connectivity index (χ3n) is 1.66. The number of hydrogen-bond donors (Lipinski definition) is 1. The van der Waals surface area contributed by atoms with Crippen molar-refractivity contribution in [3.05, 3.63) is 24.8 Å². The SMILES string of the molecule is C=CCC1C(=O)C=CC1O. The Morgan fingerprint density at radius 2 is 2.50 bits per heavy atom. The van der Waals surface area contributed by atoms with Crippen LogP contribution >= 0.6 is 0 Å². The minimum Gasteiger partial charge on any atom is -0.388 e. The van der Waals surface area contributed by atoms with E-state index in [1.165, 1.54) is 12.2 Å². The molecule has 2 atom stereocenters. The summed E-state index contributed by atoms with van der Waals surface area (Å²) in [5.74, 6) is -0.259. The van der Waals surface area contributed by atoms with Crippen LogP contribution in [0.15, 0.2) is 24.8 Å². The predicted octanol–water partition coefficient (Wildman–Crippen LogP) is 0.678. The van der Waals surface area contributed by atoms with Crippen molar-refractivity contribution in [2.45, 2.75) is 12.5 Å². The molecule has 0 heterocycles. The number of carbonyl (C=O) groups is 1. The molecular weight excluding hydrogens is 128 g/mol. The summed E-state index contributed by atoms with van der Waals surface area (Å²) in [4.78, 5) is 10.9. The first-order valence-electron chi connectivity index (χ1n) is 3.26. The summed E-state index contributed by atoms with van der Waals surface area (Å²) in [6.45, 7) is 3.50. The molecule has 1 rings (SSSR count). The van der Waals surface area contributed by atoms with Gasteiger partial charge >= 0.3 is 0 Å². The van der Waals surface area contributed by atoms with Crippen molar-refractivity contribution in [2.24, 2.45) is 5.92 Å². The maximum Gasteiger partial charge on any atom is 0.161 e. The highest BCUT2D eigenvalue weighted by Gasteiger charge is 2.26. The van der Waals surface area contributed by atoms with Crippen molar-refractivity contribution in [2.75, 3.05) is 0 Å². The van der Waals surface area contributed by atoms with Crippen molar-refractivity contribution < 1.29 is 9.90 Å². The second-order valence-electron chi connectivity index (χ2n) is 2.38. The third kappa shape index (κ3) is 1.16. The van der Waals surface area contributed by atoms with Crippen LogP contribution in [0.1, 0.15) is 6.42 Å². The van der Waals surface area contributed by atoms with Gasteiger partial charge in [0.2, 0.25) is 0 Å². The molecule has 0 fully saturated rings. The van der Waals surface area contributed by atoms with E-state index in [1.807, 2.05) is 0 Å². The molecule has 1 aliphatic rings. The van der Waals surface area contributed by atoms with Crippen LogP contribution in [0.2, 0.25) is 0 Å².